The van der Waals surface area contributed by atoms with Crippen LogP contribution < -0.4 is 5.73 Å². The molecule has 2 aromatic rings. The molecule has 0 radical (unpaired) electrons. The summed E-state index contributed by atoms with van der Waals surface area (Å²) in [5.41, 5.74) is 9.27. The largest absolute Gasteiger partial charge is 0.384 e. The van der Waals surface area contributed by atoms with E-state index in [4.69, 9.17) is 11.0 Å². The molecule has 16 heavy (non-hydrogen) atoms. The molecule has 5 nitrogen and oxygen atoms in total. The summed E-state index contributed by atoms with van der Waals surface area (Å²) in [5.74, 6) is 0.477. The van der Waals surface area contributed by atoms with Crippen LogP contribution in [-0.2, 0) is 7.05 Å². The van der Waals surface area contributed by atoms with Crippen molar-refractivity contribution >= 4 is 5.82 Å². The van der Waals surface area contributed by atoms with Gasteiger partial charge in [0.05, 0.1) is 17.4 Å². The summed E-state index contributed by atoms with van der Waals surface area (Å²) in [5, 5.41) is 13.1. The predicted octanol–water partition coefficient (Wildman–Crippen LogP) is 1.28. The van der Waals surface area contributed by atoms with Crippen LogP contribution in [0.25, 0.3) is 5.69 Å². The fraction of sp³-hybridized carbons (Fsp3) is 0.273. The number of hydrogen-bond donors (Lipinski definition) is 1. The van der Waals surface area contributed by atoms with Crippen molar-refractivity contribution in [1.82, 2.24) is 14.3 Å². The molecule has 2 N–H and O–H groups in total. The third-order valence-electron chi connectivity index (χ3n) is 2.81. The third kappa shape index (κ3) is 1.27. The average Bonchev–Trinajstić information content (AvgIpc) is 2.73. The second-order valence-electron chi connectivity index (χ2n) is 3.79. The molecule has 82 valence electrons. The van der Waals surface area contributed by atoms with Crippen molar-refractivity contribution < 1.29 is 0 Å². The molecule has 0 spiro atoms. The zero-order valence-corrected chi connectivity index (χ0v) is 9.52. The Bertz CT molecular complexity index is 582. The van der Waals surface area contributed by atoms with E-state index >= 15 is 0 Å². The van der Waals surface area contributed by atoms with Crippen LogP contribution in [0.5, 0.6) is 0 Å². The minimum Gasteiger partial charge on any atom is -0.384 e. The number of nitrogens with zero attached hydrogens (tertiary/aromatic N) is 4. The van der Waals surface area contributed by atoms with E-state index in [1.54, 1.807) is 10.9 Å². The van der Waals surface area contributed by atoms with Crippen LogP contribution >= 0.6 is 0 Å². The van der Waals surface area contributed by atoms with Crippen LogP contribution in [-0.4, -0.2) is 14.3 Å². The number of nitrogens with two attached hydrogens (primary N) is 1. The van der Waals surface area contributed by atoms with E-state index in [-0.39, 0.29) is 0 Å². The smallest absolute Gasteiger partial charge is 0.126 e. The Morgan fingerprint density at radius 1 is 1.44 bits per heavy atom. The minimum absolute atomic E-state index is 0.477. The van der Waals surface area contributed by atoms with Gasteiger partial charge in [-0.3, -0.25) is 9.25 Å². The Balaban J connectivity index is 2.72. The van der Waals surface area contributed by atoms with Crippen molar-refractivity contribution in [3.05, 3.63) is 29.2 Å². The first kappa shape index (κ1) is 10.3. The molecule has 0 aromatic carbocycles. The number of rotatable bonds is 1. The molecule has 0 unspecified atom stereocenters. The number of anilines is 1. The fourth-order valence-corrected chi connectivity index (χ4v) is 1.83. The van der Waals surface area contributed by atoms with Crippen LogP contribution in [0.4, 0.5) is 5.82 Å². The van der Waals surface area contributed by atoms with Gasteiger partial charge in [-0.05, 0) is 19.4 Å². The lowest BCUT2D eigenvalue weighted by Gasteiger charge is -2.04. The van der Waals surface area contributed by atoms with E-state index in [0.29, 0.717) is 11.4 Å². The molecule has 0 saturated heterocycles. The molecule has 5 heteroatoms. The lowest BCUT2D eigenvalue weighted by molar-refractivity contribution is 0.767. The normalized spacial score (nSPS) is 10.4. The summed E-state index contributed by atoms with van der Waals surface area (Å²) in [6, 6.07) is 2.13. The van der Waals surface area contributed by atoms with Gasteiger partial charge in [-0.15, -0.1) is 0 Å². The molecular weight excluding hydrogens is 202 g/mol. The summed E-state index contributed by atoms with van der Waals surface area (Å²) in [7, 11) is 1.84. The van der Waals surface area contributed by atoms with Crippen molar-refractivity contribution in [2.45, 2.75) is 13.8 Å². The first-order valence-electron chi connectivity index (χ1n) is 4.92. The van der Waals surface area contributed by atoms with Crippen molar-refractivity contribution in [3.8, 4) is 11.8 Å². The molecule has 2 rings (SSSR count). The van der Waals surface area contributed by atoms with Gasteiger partial charge in [0.25, 0.3) is 0 Å². The highest BCUT2D eigenvalue weighted by Crippen LogP contribution is 2.26. The topological polar surface area (TPSA) is 72.6 Å². The van der Waals surface area contributed by atoms with Crippen LogP contribution in [0, 0.1) is 25.2 Å². The van der Waals surface area contributed by atoms with E-state index in [1.807, 2.05) is 31.7 Å². The van der Waals surface area contributed by atoms with Crippen LogP contribution in [0.15, 0.2) is 12.4 Å². The lowest BCUT2D eigenvalue weighted by atomic mass is 10.2. The van der Waals surface area contributed by atoms with E-state index in [2.05, 4.69) is 11.2 Å². The summed E-state index contributed by atoms with van der Waals surface area (Å²) < 4.78 is 3.55. The molecule has 0 aliphatic rings. The molecule has 2 aromatic heterocycles. The third-order valence-corrected chi connectivity index (χ3v) is 2.81. The zero-order valence-electron chi connectivity index (χ0n) is 9.52. The number of aryl methyl sites for hydroxylation is 1. The van der Waals surface area contributed by atoms with Crippen LogP contribution in [0.3, 0.4) is 0 Å². The average molecular weight is 215 g/mol. The maximum Gasteiger partial charge on any atom is 0.126 e. The second kappa shape index (κ2) is 3.42. The molecule has 0 fully saturated rings. The summed E-state index contributed by atoms with van der Waals surface area (Å²) in [6.07, 6.45) is 3.59. The fourth-order valence-electron chi connectivity index (χ4n) is 1.83. The Morgan fingerprint density at radius 2 is 2.12 bits per heavy atom. The van der Waals surface area contributed by atoms with E-state index in [1.165, 1.54) is 0 Å². The molecule has 2 heterocycles. The molecule has 0 atom stereocenters. The van der Waals surface area contributed by atoms with Gasteiger partial charge < -0.3 is 5.73 Å². The predicted molar refractivity (Wildman–Crippen MR) is 61.1 cm³/mol. The SMILES string of the molecule is Cc1c(C#N)c(N)n(-c2cnn(C)c2)c1C. The summed E-state index contributed by atoms with van der Waals surface area (Å²) >= 11 is 0. The quantitative estimate of drug-likeness (QED) is 0.778. The van der Waals surface area contributed by atoms with Gasteiger partial charge in [-0.1, -0.05) is 0 Å². The van der Waals surface area contributed by atoms with Gasteiger partial charge in [-0.2, -0.15) is 10.4 Å². The maximum absolute atomic E-state index is 9.02. The van der Waals surface area contributed by atoms with Gasteiger partial charge in [0.2, 0.25) is 0 Å². The monoisotopic (exact) mass is 215 g/mol. The van der Waals surface area contributed by atoms with Crippen LogP contribution in [0.2, 0.25) is 0 Å². The van der Waals surface area contributed by atoms with Crippen molar-refractivity contribution in [2.75, 3.05) is 5.73 Å². The Morgan fingerprint density at radius 3 is 2.56 bits per heavy atom. The first-order chi connectivity index (χ1) is 7.56. The number of hydrogen-bond acceptors (Lipinski definition) is 3. The lowest BCUT2D eigenvalue weighted by Crippen LogP contribution is -2.01. The Labute approximate surface area is 93.7 Å². The molecule has 0 amide bonds. The van der Waals surface area contributed by atoms with Gasteiger partial charge >= 0.3 is 0 Å². The molecular formula is C11H13N5. The summed E-state index contributed by atoms with van der Waals surface area (Å²) in [4.78, 5) is 0. The van der Waals surface area contributed by atoms with Gasteiger partial charge in [0, 0.05) is 18.9 Å². The zero-order chi connectivity index (χ0) is 11.9. The van der Waals surface area contributed by atoms with Crippen molar-refractivity contribution in [1.29, 1.82) is 5.26 Å². The standard InChI is InChI=1S/C11H13N5/c1-7-8(2)16(11(13)10(7)4-12)9-5-14-15(3)6-9/h5-6H,13H2,1-3H3. The number of aromatic nitrogens is 3. The van der Waals surface area contributed by atoms with Gasteiger partial charge in [-0.25, -0.2) is 0 Å². The highest BCUT2D eigenvalue weighted by atomic mass is 15.3. The molecule has 0 aliphatic carbocycles. The van der Waals surface area contributed by atoms with E-state index < -0.39 is 0 Å². The minimum atomic E-state index is 0.477. The number of nitriles is 1. The van der Waals surface area contributed by atoms with Crippen molar-refractivity contribution in [3.63, 3.8) is 0 Å². The Kier molecular flexibility index (Phi) is 2.20. The first-order valence-corrected chi connectivity index (χ1v) is 4.92. The highest BCUT2D eigenvalue weighted by molar-refractivity contribution is 5.61. The van der Waals surface area contributed by atoms with Crippen LogP contribution in [0.1, 0.15) is 16.8 Å². The number of nitrogen functional groups attached to an aromatic ring is 1. The maximum atomic E-state index is 9.02. The Hall–Kier alpha value is -2.22. The van der Waals surface area contributed by atoms with Gasteiger partial charge in [0.1, 0.15) is 11.9 Å². The van der Waals surface area contributed by atoms with E-state index in [9.17, 15) is 0 Å². The van der Waals surface area contributed by atoms with Crippen molar-refractivity contribution in [2.24, 2.45) is 7.05 Å². The molecule has 0 bridgehead atoms. The highest BCUT2D eigenvalue weighted by Gasteiger charge is 2.16. The molecule has 0 aliphatic heterocycles. The van der Waals surface area contributed by atoms with E-state index in [0.717, 1.165) is 16.9 Å². The van der Waals surface area contributed by atoms with Gasteiger partial charge in [0.15, 0.2) is 0 Å². The molecule has 0 saturated carbocycles. The summed E-state index contributed by atoms with van der Waals surface area (Å²) in [6.45, 7) is 3.84. The second-order valence-corrected chi connectivity index (χ2v) is 3.79.